The molecule has 2 atom stereocenters. The molecule has 0 saturated heterocycles. The zero-order chi connectivity index (χ0) is 7.72. The number of aliphatic carboxylic acids is 1. The minimum absolute atomic E-state index is 0.0324. The molecule has 1 N–H and O–H groups in total. The topological polar surface area (TPSA) is 54.4 Å². The van der Waals surface area contributed by atoms with Crippen LogP contribution in [-0.2, 0) is 9.59 Å². The zero-order valence-electron chi connectivity index (χ0n) is 5.83. The first-order valence-corrected chi connectivity index (χ1v) is 3.38. The summed E-state index contributed by atoms with van der Waals surface area (Å²) in [5.41, 5.74) is 0. The molecule has 56 valence electrons. The Morgan fingerprint density at radius 1 is 1.70 bits per heavy atom. The fraction of sp³-hybridized carbons (Fsp3) is 0.714. The number of hydrogen-bond acceptors (Lipinski definition) is 2. The van der Waals surface area contributed by atoms with Gasteiger partial charge >= 0.3 is 5.97 Å². The standard InChI is InChI=1S/C7H10O3/c1-4-2-3-5(8)6(4)7(9)10/h4,6H,2-3H2,1H3,(H,9,10)/t4?,6-/m1/s1. The van der Waals surface area contributed by atoms with Crippen molar-refractivity contribution >= 4 is 11.8 Å². The van der Waals surface area contributed by atoms with E-state index in [1.54, 1.807) is 0 Å². The van der Waals surface area contributed by atoms with Crippen molar-refractivity contribution in [2.24, 2.45) is 11.8 Å². The van der Waals surface area contributed by atoms with Gasteiger partial charge in [-0.2, -0.15) is 0 Å². The molecule has 0 bridgehead atoms. The van der Waals surface area contributed by atoms with E-state index in [0.717, 1.165) is 6.42 Å². The van der Waals surface area contributed by atoms with Gasteiger partial charge in [0.05, 0.1) is 0 Å². The Labute approximate surface area is 59.0 Å². The van der Waals surface area contributed by atoms with Crippen molar-refractivity contribution in [2.45, 2.75) is 19.8 Å². The fourth-order valence-electron chi connectivity index (χ4n) is 1.39. The highest BCUT2D eigenvalue weighted by molar-refractivity contribution is 5.99. The summed E-state index contributed by atoms with van der Waals surface area (Å²) in [4.78, 5) is 21.2. The predicted molar refractivity (Wildman–Crippen MR) is 34.5 cm³/mol. The van der Waals surface area contributed by atoms with E-state index in [1.807, 2.05) is 6.92 Å². The number of ketones is 1. The SMILES string of the molecule is CC1CCC(=O)[C@@H]1C(=O)O. The number of hydrogen-bond donors (Lipinski definition) is 1. The molecule has 1 fully saturated rings. The van der Waals surface area contributed by atoms with E-state index in [2.05, 4.69) is 0 Å². The molecule has 0 heterocycles. The summed E-state index contributed by atoms with van der Waals surface area (Å²) in [5.74, 6) is -1.76. The molecule has 1 rings (SSSR count). The summed E-state index contributed by atoms with van der Waals surface area (Å²) in [5, 5.41) is 8.53. The molecular formula is C7H10O3. The molecule has 0 amide bonds. The molecule has 0 aromatic rings. The van der Waals surface area contributed by atoms with E-state index in [-0.39, 0.29) is 11.7 Å². The molecule has 3 heteroatoms. The number of carboxylic acid groups (broad SMARTS) is 1. The number of rotatable bonds is 1. The van der Waals surface area contributed by atoms with Crippen LogP contribution in [0.5, 0.6) is 0 Å². The molecule has 10 heavy (non-hydrogen) atoms. The van der Waals surface area contributed by atoms with Crippen LogP contribution in [0.4, 0.5) is 0 Å². The molecule has 1 saturated carbocycles. The fourth-order valence-corrected chi connectivity index (χ4v) is 1.39. The second-order valence-electron chi connectivity index (χ2n) is 2.80. The highest BCUT2D eigenvalue weighted by atomic mass is 16.4. The van der Waals surface area contributed by atoms with Crippen LogP contribution < -0.4 is 0 Å². The maximum atomic E-state index is 10.8. The Bertz CT molecular complexity index is 174. The van der Waals surface area contributed by atoms with Gasteiger partial charge in [-0.3, -0.25) is 9.59 Å². The van der Waals surface area contributed by atoms with Crippen LogP contribution in [0, 0.1) is 11.8 Å². The Morgan fingerprint density at radius 2 is 2.30 bits per heavy atom. The number of carbonyl (C=O) groups is 2. The molecule has 1 aliphatic rings. The van der Waals surface area contributed by atoms with Crippen LogP contribution in [0.2, 0.25) is 0 Å². The Hall–Kier alpha value is -0.860. The van der Waals surface area contributed by atoms with Crippen molar-refractivity contribution in [1.82, 2.24) is 0 Å². The van der Waals surface area contributed by atoms with Gasteiger partial charge in [0.1, 0.15) is 11.7 Å². The van der Waals surface area contributed by atoms with E-state index >= 15 is 0 Å². The van der Waals surface area contributed by atoms with Crippen molar-refractivity contribution in [3.05, 3.63) is 0 Å². The molecule has 0 aromatic heterocycles. The molecule has 0 aliphatic heterocycles. The first-order valence-electron chi connectivity index (χ1n) is 3.38. The van der Waals surface area contributed by atoms with Gasteiger partial charge in [-0.1, -0.05) is 6.92 Å². The summed E-state index contributed by atoms with van der Waals surface area (Å²) < 4.78 is 0. The van der Waals surface area contributed by atoms with E-state index in [4.69, 9.17) is 5.11 Å². The van der Waals surface area contributed by atoms with Crippen LogP contribution in [0.25, 0.3) is 0 Å². The first kappa shape index (κ1) is 7.25. The molecular weight excluding hydrogens is 132 g/mol. The van der Waals surface area contributed by atoms with Crippen LogP contribution >= 0.6 is 0 Å². The monoisotopic (exact) mass is 142 g/mol. The van der Waals surface area contributed by atoms with Crippen LogP contribution in [0.15, 0.2) is 0 Å². The average Bonchev–Trinajstić information content (AvgIpc) is 2.11. The Balaban J connectivity index is 2.72. The largest absolute Gasteiger partial charge is 0.481 e. The van der Waals surface area contributed by atoms with Crippen molar-refractivity contribution < 1.29 is 14.7 Å². The smallest absolute Gasteiger partial charge is 0.314 e. The highest BCUT2D eigenvalue weighted by Crippen LogP contribution is 2.27. The van der Waals surface area contributed by atoms with Crippen LogP contribution in [-0.4, -0.2) is 16.9 Å². The normalized spacial score (nSPS) is 32.7. The summed E-state index contributed by atoms with van der Waals surface area (Å²) in [6.45, 7) is 1.81. The van der Waals surface area contributed by atoms with Crippen molar-refractivity contribution in [3.63, 3.8) is 0 Å². The Morgan fingerprint density at radius 3 is 2.50 bits per heavy atom. The lowest BCUT2D eigenvalue weighted by molar-refractivity contribution is -0.146. The van der Waals surface area contributed by atoms with Crippen molar-refractivity contribution in [2.75, 3.05) is 0 Å². The lowest BCUT2D eigenvalue weighted by Crippen LogP contribution is -2.22. The third kappa shape index (κ3) is 1.03. The van der Waals surface area contributed by atoms with Gasteiger partial charge in [-0.25, -0.2) is 0 Å². The maximum absolute atomic E-state index is 10.8. The summed E-state index contributed by atoms with van der Waals surface area (Å²) >= 11 is 0. The maximum Gasteiger partial charge on any atom is 0.314 e. The average molecular weight is 142 g/mol. The molecule has 3 nitrogen and oxygen atoms in total. The zero-order valence-corrected chi connectivity index (χ0v) is 5.83. The van der Waals surface area contributed by atoms with E-state index in [0.29, 0.717) is 6.42 Å². The molecule has 0 spiro atoms. The van der Waals surface area contributed by atoms with Gasteiger partial charge < -0.3 is 5.11 Å². The van der Waals surface area contributed by atoms with Crippen LogP contribution in [0.1, 0.15) is 19.8 Å². The minimum atomic E-state index is -0.963. The van der Waals surface area contributed by atoms with Gasteiger partial charge in [-0.05, 0) is 12.3 Å². The lowest BCUT2D eigenvalue weighted by atomic mass is 9.98. The summed E-state index contributed by atoms with van der Waals surface area (Å²) in [6.07, 6.45) is 1.17. The molecule has 1 aliphatic carbocycles. The third-order valence-corrected chi connectivity index (χ3v) is 2.03. The predicted octanol–water partition coefficient (Wildman–Crippen LogP) is 0.686. The van der Waals surface area contributed by atoms with E-state index in [9.17, 15) is 9.59 Å². The second-order valence-corrected chi connectivity index (χ2v) is 2.80. The number of Topliss-reactive ketones (excluding diaryl/α,β-unsaturated/α-hetero) is 1. The molecule has 0 aromatic carbocycles. The first-order chi connectivity index (χ1) is 4.63. The summed E-state index contributed by atoms with van der Waals surface area (Å²) in [6, 6.07) is 0. The van der Waals surface area contributed by atoms with E-state index < -0.39 is 11.9 Å². The van der Waals surface area contributed by atoms with Gasteiger partial charge in [0.2, 0.25) is 0 Å². The minimum Gasteiger partial charge on any atom is -0.481 e. The van der Waals surface area contributed by atoms with Crippen molar-refractivity contribution in [1.29, 1.82) is 0 Å². The number of carbonyl (C=O) groups excluding carboxylic acids is 1. The van der Waals surface area contributed by atoms with Gasteiger partial charge in [-0.15, -0.1) is 0 Å². The number of carboxylic acids is 1. The van der Waals surface area contributed by atoms with Crippen LogP contribution in [0.3, 0.4) is 0 Å². The van der Waals surface area contributed by atoms with Crippen molar-refractivity contribution in [3.8, 4) is 0 Å². The van der Waals surface area contributed by atoms with Gasteiger partial charge in [0.15, 0.2) is 0 Å². The second kappa shape index (κ2) is 2.40. The van der Waals surface area contributed by atoms with Gasteiger partial charge in [0, 0.05) is 6.42 Å². The van der Waals surface area contributed by atoms with E-state index in [1.165, 1.54) is 0 Å². The molecule has 1 unspecified atom stereocenters. The molecule has 0 radical (unpaired) electrons. The third-order valence-electron chi connectivity index (χ3n) is 2.03. The highest BCUT2D eigenvalue weighted by Gasteiger charge is 2.36. The summed E-state index contributed by atoms with van der Waals surface area (Å²) in [7, 11) is 0. The van der Waals surface area contributed by atoms with Gasteiger partial charge in [0.25, 0.3) is 0 Å². The Kier molecular flexibility index (Phi) is 1.74. The lowest BCUT2D eigenvalue weighted by Gasteiger charge is -2.06. The quantitative estimate of drug-likeness (QED) is 0.548.